The first-order valence-electron chi connectivity index (χ1n) is 6.31. The second kappa shape index (κ2) is 7.55. The Morgan fingerprint density at radius 1 is 1.20 bits per heavy atom. The van der Waals surface area contributed by atoms with Crippen LogP contribution in [0.3, 0.4) is 0 Å². The minimum atomic E-state index is 0.965. The third kappa shape index (κ3) is 6.37. The van der Waals surface area contributed by atoms with Crippen LogP contribution in [0.2, 0.25) is 0 Å². The molecule has 1 rings (SSSR count). The molecule has 0 bridgehead atoms. The second-order valence-corrected chi connectivity index (χ2v) is 4.36. The van der Waals surface area contributed by atoms with Crippen molar-refractivity contribution in [1.82, 2.24) is 10.6 Å². The Balaban J connectivity index is 1.96. The predicted octanol–water partition coefficient (Wildman–Crippen LogP) is 2.14. The zero-order valence-electron chi connectivity index (χ0n) is 10.2. The van der Waals surface area contributed by atoms with E-state index in [1.165, 1.54) is 38.5 Å². The molecule has 0 heterocycles. The topological polar surface area (TPSA) is 36.4 Å². The Bertz CT molecular complexity index is 185. The van der Waals surface area contributed by atoms with E-state index in [9.17, 15) is 0 Å². The van der Waals surface area contributed by atoms with Gasteiger partial charge in [-0.2, -0.15) is 0 Å². The Kier molecular flexibility index (Phi) is 6.21. The van der Waals surface area contributed by atoms with Crippen LogP contribution in [-0.4, -0.2) is 26.1 Å². The number of nitrogens with zero attached hydrogens (tertiary/aromatic N) is 1. The molecule has 0 aliphatic heterocycles. The van der Waals surface area contributed by atoms with E-state index in [4.69, 9.17) is 0 Å². The molecule has 0 saturated heterocycles. The summed E-state index contributed by atoms with van der Waals surface area (Å²) in [5.41, 5.74) is 0. The first-order chi connectivity index (χ1) is 7.36. The van der Waals surface area contributed by atoms with Crippen molar-refractivity contribution in [3.8, 4) is 0 Å². The van der Waals surface area contributed by atoms with Crippen LogP contribution in [-0.2, 0) is 0 Å². The summed E-state index contributed by atoms with van der Waals surface area (Å²) >= 11 is 0. The Morgan fingerprint density at radius 2 is 1.93 bits per heavy atom. The van der Waals surface area contributed by atoms with Gasteiger partial charge in [-0.05, 0) is 18.8 Å². The zero-order chi connectivity index (χ0) is 10.9. The summed E-state index contributed by atoms with van der Waals surface area (Å²) in [5, 5.41) is 6.69. The van der Waals surface area contributed by atoms with Gasteiger partial charge in [0.25, 0.3) is 0 Å². The highest BCUT2D eigenvalue weighted by atomic mass is 15.2. The second-order valence-electron chi connectivity index (χ2n) is 4.36. The maximum atomic E-state index is 4.20. The fourth-order valence-corrected chi connectivity index (χ4v) is 1.60. The molecule has 0 unspecified atom stereocenters. The van der Waals surface area contributed by atoms with Crippen LogP contribution in [0.25, 0.3) is 0 Å². The molecule has 3 nitrogen and oxygen atoms in total. The quantitative estimate of drug-likeness (QED) is 0.384. The average molecular weight is 211 g/mol. The van der Waals surface area contributed by atoms with Crippen molar-refractivity contribution in [2.24, 2.45) is 10.9 Å². The van der Waals surface area contributed by atoms with Crippen LogP contribution >= 0.6 is 0 Å². The lowest BCUT2D eigenvalue weighted by Gasteiger charge is -2.11. The molecule has 0 atom stereocenters. The molecule has 1 saturated carbocycles. The maximum Gasteiger partial charge on any atom is 0.190 e. The van der Waals surface area contributed by atoms with Crippen molar-refractivity contribution in [1.29, 1.82) is 0 Å². The highest BCUT2D eigenvalue weighted by Gasteiger charge is 2.20. The van der Waals surface area contributed by atoms with Gasteiger partial charge in [-0.1, -0.05) is 32.6 Å². The van der Waals surface area contributed by atoms with Gasteiger partial charge in [-0.3, -0.25) is 4.99 Å². The lowest BCUT2D eigenvalue weighted by Crippen LogP contribution is -2.38. The Labute approximate surface area is 93.7 Å². The molecule has 1 fully saturated rings. The first-order valence-corrected chi connectivity index (χ1v) is 6.31. The number of aliphatic imine (C=N–C) groups is 1. The van der Waals surface area contributed by atoms with Crippen LogP contribution in [0.15, 0.2) is 4.99 Å². The monoisotopic (exact) mass is 211 g/mol. The molecule has 0 aromatic rings. The summed E-state index contributed by atoms with van der Waals surface area (Å²) in [6.07, 6.45) is 7.98. The van der Waals surface area contributed by atoms with E-state index in [1.807, 2.05) is 7.05 Å². The van der Waals surface area contributed by atoms with Crippen LogP contribution < -0.4 is 10.6 Å². The van der Waals surface area contributed by atoms with E-state index >= 15 is 0 Å². The van der Waals surface area contributed by atoms with E-state index in [0.717, 1.165) is 25.0 Å². The van der Waals surface area contributed by atoms with Gasteiger partial charge in [0, 0.05) is 20.1 Å². The van der Waals surface area contributed by atoms with Crippen LogP contribution in [0.4, 0.5) is 0 Å². The summed E-state index contributed by atoms with van der Waals surface area (Å²) in [6.45, 7) is 4.33. The van der Waals surface area contributed by atoms with Crippen molar-refractivity contribution in [2.75, 3.05) is 20.1 Å². The fourth-order valence-electron chi connectivity index (χ4n) is 1.60. The Morgan fingerprint density at radius 3 is 2.53 bits per heavy atom. The summed E-state index contributed by atoms with van der Waals surface area (Å²) in [5.74, 6) is 1.96. The van der Waals surface area contributed by atoms with Gasteiger partial charge in [0.05, 0.1) is 0 Å². The molecular weight excluding hydrogens is 186 g/mol. The highest BCUT2D eigenvalue weighted by molar-refractivity contribution is 5.79. The number of hydrogen-bond acceptors (Lipinski definition) is 1. The molecule has 0 amide bonds. The van der Waals surface area contributed by atoms with Crippen LogP contribution in [0.1, 0.15) is 45.4 Å². The molecule has 0 radical (unpaired) electrons. The standard InChI is InChI=1S/C12H25N3/c1-3-4-5-9-14-12(13-2)15-10-8-11-6-7-11/h11H,3-10H2,1-2H3,(H2,13,14,15). The van der Waals surface area contributed by atoms with Gasteiger partial charge in [0.2, 0.25) is 0 Å². The van der Waals surface area contributed by atoms with Gasteiger partial charge >= 0.3 is 0 Å². The molecule has 88 valence electrons. The van der Waals surface area contributed by atoms with Crippen molar-refractivity contribution in [3.63, 3.8) is 0 Å². The van der Waals surface area contributed by atoms with Gasteiger partial charge in [0.1, 0.15) is 0 Å². The maximum absolute atomic E-state index is 4.20. The molecule has 1 aliphatic rings. The van der Waals surface area contributed by atoms with E-state index in [0.29, 0.717) is 0 Å². The van der Waals surface area contributed by atoms with Crippen LogP contribution in [0.5, 0.6) is 0 Å². The molecule has 0 spiro atoms. The lowest BCUT2D eigenvalue weighted by atomic mass is 10.2. The van der Waals surface area contributed by atoms with Crippen molar-refractivity contribution < 1.29 is 0 Å². The lowest BCUT2D eigenvalue weighted by molar-refractivity contribution is 0.661. The SMILES string of the molecule is CCCCCNC(=NC)NCCC1CC1. The summed E-state index contributed by atoms with van der Waals surface area (Å²) in [6, 6.07) is 0. The van der Waals surface area contributed by atoms with Crippen molar-refractivity contribution in [2.45, 2.75) is 45.4 Å². The third-order valence-corrected chi connectivity index (χ3v) is 2.84. The molecule has 15 heavy (non-hydrogen) atoms. The highest BCUT2D eigenvalue weighted by Crippen LogP contribution is 2.31. The first kappa shape index (κ1) is 12.3. The molecule has 3 heteroatoms. The minimum absolute atomic E-state index is 0.965. The average Bonchev–Trinajstić information content (AvgIpc) is 3.05. The molecule has 1 aliphatic carbocycles. The smallest absolute Gasteiger partial charge is 0.190 e. The van der Waals surface area contributed by atoms with E-state index in [-0.39, 0.29) is 0 Å². The van der Waals surface area contributed by atoms with Gasteiger partial charge in [-0.25, -0.2) is 0 Å². The number of unbranched alkanes of at least 4 members (excludes halogenated alkanes) is 2. The van der Waals surface area contributed by atoms with Gasteiger partial charge in [0.15, 0.2) is 5.96 Å². The molecule has 0 aromatic carbocycles. The van der Waals surface area contributed by atoms with Gasteiger partial charge < -0.3 is 10.6 Å². The van der Waals surface area contributed by atoms with Gasteiger partial charge in [-0.15, -0.1) is 0 Å². The molecule has 0 aromatic heterocycles. The summed E-state index contributed by atoms with van der Waals surface area (Å²) in [7, 11) is 1.84. The third-order valence-electron chi connectivity index (χ3n) is 2.84. The number of nitrogens with one attached hydrogen (secondary N) is 2. The molecule has 2 N–H and O–H groups in total. The van der Waals surface area contributed by atoms with Crippen LogP contribution in [0, 0.1) is 5.92 Å². The van der Waals surface area contributed by atoms with Crippen molar-refractivity contribution >= 4 is 5.96 Å². The number of hydrogen-bond donors (Lipinski definition) is 2. The molecular formula is C12H25N3. The minimum Gasteiger partial charge on any atom is -0.356 e. The Hall–Kier alpha value is -0.730. The number of guanidine groups is 1. The fraction of sp³-hybridized carbons (Fsp3) is 0.917. The normalized spacial score (nSPS) is 16.5. The van der Waals surface area contributed by atoms with Crippen molar-refractivity contribution in [3.05, 3.63) is 0 Å². The van der Waals surface area contributed by atoms with E-state index < -0.39 is 0 Å². The predicted molar refractivity (Wildman–Crippen MR) is 66.2 cm³/mol. The summed E-state index contributed by atoms with van der Waals surface area (Å²) in [4.78, 5) is 4.20. The zero-order valence-corrected chi connectivity index (χ0v) is 10.2. The largest absolute Gasteiger partial charge is 0.356 e. The van der Waals surface area contributed by atoms with E-state index in [1.54, 1.807) is 0 Å². The number of rotatable bonds is 7. The summed E-state index contributed by atoms with van der Waals surface area (Å²) < 4.78 is 0. The van der Waals surface area contributed by atoms with E-state index in [2.05, 4.69) is 22.5 Å².